The lowest BCUT2D eigenvalue weighted by molar-refractivity contribution is -0.156. The molecule has 2 unspecified atom stereocenters. The van der Waals surface area contributed by atoms with Gasteiger partial charge in [-0.05, 0) is 33.6 Å². The smallest absolute Gasteiger partial charge is 0.246 e. The fourth-order valence-electron chi connectivity index (χ4n) is 2.37. The molecule has 0 bridgehead atoms. The quantitative estimate of drug-likeness (QED) is 0.782. The second-order valence-electron chi connectivity index (χ2n) is 5.97. The van der Waals surface area contributed by atoms with Gasteiger partial charge in [0, 0.05) is 6.54 Å². The van der Waals surface area contributed by atoms with Crippen LogP contribution in [0, 0.1) is 0 Å². The zero-order chi connectivity index (χ0) is 16.4. The second kappa shape index (κ2) is 6.34. The van der Waals surface area contributed by atoms with Crippen LogP contribution in [0.4, 0.5) is 0 Å². The average Bonchev–Trinajstić information content (AvgIpc) is 2.42. The molecule has 0 aromatic rings. The molecule has 1 aliphatic heterocycles. The Morgan fingerprint density at radius 3 is 2.29 bits per heavy atom. The summed E-state index contributed by atoms with van der Waals surface area (Å²) in [6.45, 7) is 8.63. The van der Waals surface area contributed by atoms with Gasteiger partial charge in [0.1, 0.15) is 11.6 Å². The third kappa shape index (κ3) is 3.39. The van der Waals surface area contributed by atoms with Crippen molar-refractivity contribution >= 4 is 21.7 Å². The van der Waals surface area contributed by atoms with Gasteiger partial charge in [-0.1, -0.05) is 13.8 Å². The number of hydrogen-bond acceptors (Lipinski definition) is 4. The number of rotatable bonds is 6. The number of carbonyl (C=O) groups excluding carboxylic acids is 2. The highest BCUT2D eigenvalue weighted by Crippen LogP contribution is 2.26. The summed E-state index contributed by atoms with van der Waals surface area (Å²) in [4.78, 5) is 26.2. The fraction of sp³-hybridized carbons (Fsp3) is 0.857. The molecule has 2 amide bonds. The van der Waals surface area contributed by atoms with E-state index >= 15 is 0 Å². The molecule has 0 aliphatic carbocycles. The van der Waals surface area contributed by atoms with E-state index in [1.54, 1.807) is 20.8 Å². The van der Waals surface area contributed by atoms with Gasteiger partial charge >= 0.3 is 0 Å². The van der Waals surface area contributed by atoms with Crippen molar-refractivity contribution < 1.29 is 18.0 Å². The first-order valence-corrected chi connectivity index (χ1v) is 9.15. The van der Waals surface area contributed by atoms with Crippen LogP contribution in [0.2, 0.25) is 0 Å². The Kier molecular flexibility index (Phi) is 5.41. The van der Waals surface area contributed by atoms with Crippen LogP contribution in [0.3, 0.4) is 0 Å². The molecular formula is C14H26N2O4S. The van der Waals surface area contributed by atoms with Crippen LogP contribution in [0.1, 0.15) is 47.5 Å². The van der Waals surface area contributed by atoms with E-state index in [2.05, 4.69) is 5.32 Å². The van der Waals surface area contributed by atoms with E-state index in [-0.39, 0.29) is 24.1 Å². The van der Waals surface area contributed by atoms with Crippen LogP contribution in [-0.4, -0.2) is 54.3 Å². The number of piperazine rings is 1. The highest BCUT2D eigenvalue weighted by molar-refractivity contribution is 7.92. The lowest BCUT2D eigenvalue weighted by Gasteiger charge is -2.45. The van der Waals surface area contributed by atoms with E-state index in [1.165, 1.54) is 4.90 Å². The van der Waals surface area contributed by atoms with Crippen molar-refractivity contribution in [1.82, 2.24) is 10.2 Å². The van der Waals surface area contributed by atoms with Gasteiger partial charge in [0.2, 0.25) is 11.8 Å². The van der Waals surface area contributed by atoms with E-state index in [9.17, 15) is 18.0 Å². The maximum atomic E-state index is 12.5. The zero-order valence-corrected chi connectivity index (χ0v) is 14.3. The van der Waals surface area contributed by atoms with Gasteiger partial charge in [0.05, 0.1) is 11.0 Å². The van der Waals surface area contributed by atoms with Crippen LogP contribution >= 0.6 is 0 Å². The maximum absolute atomic E-state index is 12.5. The van der Waals surface area contributed by atoms with Gasteiger partial charge in [-0.2, -0.15) is 0 Å². The first kappa shape index (κ1) is 17.9. The van der Waals surface area contributed by atoms with Crippen molar-refractivity contribution in [3.05, 3.63) is 0 Å². The van der Waals surface area contributed by atoms with Gasteiger partial charge in [0.25, 0.3) is 0 Å². The average molecular weight is 318 g/mol. The van der Waals surface area contributed by atoms with Crippen molar-refractivity contribution in [2.45, 2.75) is 64.3 Å². The highest BCUT2D eigenvalue weighted by Gasteiger charge is 2.47. The summed E-state index contributed by atoms with van der Waals surface area (Å²) in [7, 11) is -3.25. The molecule has 21 heavy (non-hydrogen) atoms. The molecule has 1 saturated heterocycles. The topological polar surface area (TPSA) is 83.6 Å². The van der Waals surface area contributed by atoms with E-state index < -0.39 is 26.7 Å². The van der Waals surface area contributed by atoms with Gasteiger partial charge in [-0.15, -0.1) is 0 Å². The first-order chi connectivity index (χ1) is 9.60. The van der Waals surface area contributed by atoms with Gasteiger partial charge in [0.15, 0.2) is 9.84 Å². The van der Waals surface area contributed by atoms with Crippen molar-refractivity contribution in [3.63, 3.8) is 0 Å². The molecule has 0 spiro atoms. The number of hydrogen-bond donors (Lipinski definition) is 1. The molecule has 6 nitrogen and oxygen atoms in total. The lowest BCUT2D eigenvalue weighted by atomic mass is 9.90. The Balaban J connectivity index is 3.02. The second-order valence-corrected chi connectivity index (χ2v) is 8.64. The summed E-state index contributed by atoms with van der Waals surface area (Å²) in [5, 5.41) is 2.24. The Morgan fingerprint density at radius 1 is 1.29 bits per heavy atom. The summed E-state index contributed by atoms with van der Waals surface area (Å²) in [5.74, 6) is -0.519. The number of carbonyl (C=O) groups is 2. The minimum absolute atomic E-state index is 0.0631. The molecule has 0 aromatic heterocycles. The third-order valence-corrected chi connectivity index (χ3v) is 6.56. The molecule has 1 fully saturated rings. The molecular weight excluding hydrogens is 292 g/mol. The SMILES string of the molecule is CCC1NC(=O)C(C)(CC)N(CCS(=O)(=O)C(C)C)C1=O. The van der Waals surface area contributed by atoms with Crippen LogP contribution in [0.15, 0.2) is 0 Å². The number of nitrogens with one attached hydrogen (secondary N) is 1. The molecule has 7 heteroatoms. The predicted octanol–water partition coefficient (Wildman–Crippen LogP) is 0.715. The van der Waals surface area contributed by atoms with E-state index in [1.807, 2.05) is 13.8 Å². The summed E-state index contributed by atoms with van der Waals surface area (Å²) in [6.07, 6.45) is 0.945. The van der Waals surface area contributed by atoms with Crippen molar-refractivity contribution in [2.75, 3.05) is 12.3 Å². The summed E-state index contributed by atoms with van der Waals surface area (Å²) >= 11 is 0. The van der Waals surface area contributed by atoms with Gasteiger partial charge in [-0.3, -0.25) is 9.59 Å². The zero-order valence-electron chi connectivity index (χ0n) is 13.5. The van der Waals surface area contributed by atoms with Crippen molar-refractivity contribution in [3.8, 4) is 0 Å². The van der Waals surface area contributed by atoms with Crippen LogP contribution < -0.4 is 5.32 Å². The Labute approximate surface area is 127 Å². The van der Waals surface area contributed by atoms with E-state index in [0.717, 1.165) is 0 Å². The van der Waals surface area contributed by atoms with Crippen LogP contribution in [0.25, 0.3) is 0 Å². The molecule has 0 aromatic carbocycles. The van der Waals surface area contributed by atoms with E-state index in [4.69, 9.17) is 0 Å². The molecule has 1 heterocycles. The van der Waals surface area contributed by atoms with Gasteiger partial charge in [-0.25, -0.2) is 8.42 Å². The normalized spacial score (nSPS) is 27.1. The van der Waals surface area contributed by atoms with Crippen LogP contribution in [-0.2, 0) is 19.4 Å². The molecule has 1 rings (SSSR count). The molecule has 122 valence electrons. The number of nitrogens with zero attached hydrogens (tertiary/aromatic N) is 1. The van der Waals surface area contributed by atoms with E-state index in [0.29, 0.717) is 12.8 Å². The monoisotopic (exact) mass is 318 g/mol. The molecule has 0 saturated carbocycles. The highest BCUT2D eigenvalue weighted by atomic mass is 32.2. The Morgan fingerprint density at radius 2 is 1.86 bits per heavy atom. The Hall–Kier alpha value is -1.11. The minimum Gasteiger partial charge on any atom is -0.342 e. The van der Waals surface area contributed by atoms with Gasteiger partial charge < -0.3 is 10.2 Å². The lowest BCUT2D eigenvalue weighted by Crippen LogP contribution is -2.69. The number of sulfone groups is 1. The maximum Gasteiger partial charge on any atom is 0.246 e. The van der Waals surface area contributed by atoms with Crippen molar-refractivity contribution in [2.24, 2.45) is 0 Å². The van der Waals surface area contributed by atoms with Crippen molar-refractivity contribution in [1.29, 1.82) is 0 Å². The summed E-state index contributed by atoms with van der Waals surface area (Å²) in [6, 6.07) is -0.557. The fourth-order valence-corrected chi connectivity index (χ4v) is 3.28. The third-order valence-electron chi connectivity index (χ3n) is 4.37. The Bertz CT molecular complexity index is 515. The first-order valence-electron chi connectivity index (χ1n) is 7.44. The molecule has 1 N–H and O–H groups in total. The standard InChI is InChI=1S/C14H26N2O4S/c1-6-11-12(17)16(8-9-21(19,20)10(3)4)14(5,7-2)13(18)15-11/h10-11H,6-9H2,1-5H3,(H,15,18). The largest absolute Gasteiger partial charge is 0.342 e. The predicted molar refractivity (Wildman–Crippen MR) is 81.6 cm³/mol. The molecule has 0 radical (unpaired) electrons. The van der Waals surface area contributed by atoms with Crippen LogP contribution in [0.5, 0.6) is 0 Å². The number of amides is 2. The summed E-state index contributed by atoms with van der Waals surface area (Å²) < 4.78 is 23.9. The minimum atomic E-state index is -3.25. The molecule has 2 atom stereocenters. The molecule has 1 aliphatic rings. The summed E-state index contributed by atoms with van der Waals surface area (Å²) in [5.41, 5.74) is -0.977.